The Morgan fingerprint density at radius 3 is 2.70 bits per heavy atom. The predicted molar refractivity (Wildman–Crippen MR) is 134 cm³/mol. The maximum atomic E-state index is 13.2. The van der Waals surface area contributed by atoms with Crippen LogP contribution in [0.4, 0.5) is 14.5 Å². The van der Waals surface area contributed by atoms with Crippen LogP contribution in [-0.2, 0) is 15.1 Å². The Bertz CT molecular complexity index is 1370. The fraction of sp³-hybridized carbons (Fsp3) is 0.444. The molecule has 3 aromatic rings. The number of benzene rings is 2. The summed E-state index contributed by atoms with van der Waals surface area (Å²) in [6.45, 7) is 0.884. The van der Waals surface area contributed by atoms with Crippen molar-refractivity contribution in [1.82, 2.24) is 9.55 Å². The average Bonchev–Trinajstić information content (AvgIpc) is 3.27. The van der Waals surface area contributed by atoms with Crippen LogP contribution >= 0.6 is 0 Å². The number of morpholine rings is 1. The highest BCUT2D eigenvalue weighted by molar-refractivity contribution is 5.97. The largest absolute Gasteiger partial charge is 0.396 e. The van der Waals surface area contributed by atoms with Gasteiger partial charge in [-0.2, -0.15) is 4.99 Å². The Morgan fingerprint density at radius 1 is 1.16 bits per heavy atom. The molecular formula is C27H30F2N4O4. The third-order valence-corrected chi connectivity index (χ3v) is 7.41. The average molecular weight is 513 g/mol. The molecule has 2 fully saturated rings. The van der Waals surface area contributed by atoms with Gasteiger partial charge in [0, 0.05) is 30.0 Å². The lowest BCUT2D eigenvalue weighted by Gasteiger charge is -2.39. The number of anilines is 1. The van der Waals surface area contributed by atoms with Gasteiger partial charge >= 0.3 is 0 Å². The van der Waals surface area contributed by atoms with E-state index in [1.807, 2.05) is 22.8 Å². The molecule has 196 valence electrons. The maximum Gasteiger partial charge on any atom is 0.280 e. The molecule has 0 spiro atoms. The van der Waals surface area contributed by atoms with Gasteiger partial charge in [0.15, 0.2) is 0 Å². The minimum atomic E-state index is -2.69. The number of carbonyl (C=O) groups is 2. The van der Waals surface area contributed by atoms with Gasteiger partial charge in [-0.25, -0.2) is 8.78 Å². The second-order valence-corrected chi connectivity index (χ2v) is 9.69. The second-order valence-electron chi connectivity index (χ2n) is 9.69. The normalized spacial score (nSPS) is 18.6. The molecule has 2 aliphatic rings. The van der Waals surface area contributed by atoms with Crippen LogP contribution in [0.3, 0.4) is 0 Å². The number of alkyl halides is 2. The van der Waals surface area contributed by atoms with Crippen LogP contribution in [0.5, 0.6) is 0 Å². The van der Waals surface area contributed by atoms with E-state index in [9.17, 15) is 23.5 Å². The van der Waals surface area contributed by atoms with Crippen molar-refractivity contribution < 1.29 is 28.2 Å². The number of carbonyl (C=O) groups excluding carboxylic acids is 2. The topological polar surface area (TPSA) is 99.9 Å². The number of amides is 2. The highest BCUT2D eigenvalue weighted by Gasteiger charge is 2.36. The molecule has 37 heavy (non-hydrogen) atoms. The summed E-state index contributed by atoms with van der Waals surface area (Å²) in [7, 11) is 0. The van der Waals surface area contributed by atoms with E-state index in [0.29, 0.717) is 36.4 Å². The number of aromatic amines is 1. The first kappa shape index (κ1) is 25.3. The number of nitrogens with one attached hydrogen (secondary N) is 1. The molecule has 1 aromatic heterocycles. The molecule has 1 saturated carbocycles. The van der Waals surface area contributed by atoms with Crippen LogP contribution in [0, 0.1) is 0 Å². The Morgan fingerprint density at radius 2 is 1.97 bits per heavy atom. The van der Waals surface area contributed by atoms with Crippen LogP contribution in [0.25, 0.3) is 11.0 Å². The Labute approximate surface area is 212 Å². The van der Waals surface area contributed by atoms with Crippen molar-refractivity contribution in [2.75, 3.05) is 31.3 Å². The third-order valence-electron chi connectivity index (χ3n) is 7.41. The van der Waals surface area contributed by atoms with Crippen LogP contribution in [0.2, 0.25) is 0 Å². The van der Waals surface area contributed by atoms with E-state index < -0.39 is 17.9 Å². The molecule has 2 aromatic carbocycles. The number of nitrogens with zero attached hydrogens (tertiary/aromatic N) is 3. The van der Waals surface area contributed by atoms with Gasteiger partial charge in [0.25, 0.3) is 18.2 Å². The Balaban J connectivity index is 1.67. The van der Waals surface area contributed by atoms with Crippen LogP contribution in [0.1, 0.15) is 60.9 Å². The van der Waals surface area contributed by atoms with Crippen LogP contribution < -0.4 is 10.5 Å². The van der Waals surface area contributed by atoms with E-state index in [-0.39, 0.29) is 30.2 Å². The fourth-order valence-electron chi connectivity index (χ4n) is 5.60. The van der Waals surface area contributed by atoms with Gasteiger partial charge in [-0.05, 0) is 49.6 Å². The summed E-state index contributed by atoms with van der Waals surface area (Å²) < 4.78 is 33.7. The molecule has 2 N–H and O–H groups in total. The van der Waals surface area contributed by atoms with Crippen molar-refractivity contribution >= 4 is 28.5 Å². The van der Waals surface area contributed by atoms with E-state index in [4.69, 9.17) is 4.74 Å². The number of imidazole rings is 1. The number of fused-ring (bicyclic) bond motifs is 1. The molecule has 2 amide bonds. The molecule has 2 heterocycles. The maximum absolute atomic E-state index is 13.2. The van der Waals surface area contributed by atoms with Crippen molar-refractivity contribution in [3.05, 3.63) is 59.2 Å². The van der Waals surface area contributed by atoms with E-state index in [1.54, 1.807) is 4.90 Å². The van der Waals surface area contributed by atoms with E-state index in [1.165, 1.54) is 18.2 Å². The standard InChI is InChI=1S/C27H30F2N4O4/c28-24(29)18-5-4-6-19(15-18)25(36)31-26-30-21-16-20(32-12-14-37-17-23(32)35)7-8-22(21)33(26)27(11-13-34)9-2-1-3-10-27/h4-8,15-16,24,34H,1-3,9-14,17H2,(H,30,31,36). The molecule has 0 atom stereocenters. The van der Waals surface area contributed by atoms with Gasteiger partial charge < -0.3 is 24.3 Å². The summed E-state index contributed by atoms with van der Waals surface area (Å²) in [5.41, 5.74) is 1.86. The number of hydrogen-bond donors (Lipinski definition) is 2. The van der Waals surface area contributed by atoms with Crippen molar-refractivity contribution in [3.8, 4) is 0 Å². The first-order valence-electron chi connectivity index (χ1n) is 12.6. The summed E-state index contributed by atoms with van der Waals surface area (Å²) in [5.74, 6) is -0.769. The molecule has 5 rings (SSSR count). The monoisotopic (exact) mass is 512 g/mol. The van der Waals surface area contributed by atoms with Gasteiger partial charge in [-0.1, -0.05) is 31.4 Å². The summed E-state index contributed by atoms with van der Waals surface area (Å²) in [4.78, 5) is 34.8. The number of hydrogen-bond acceptors (Lipinski definition) is 4. The molecular weight excluding hydrogens is 482 g/mol. The number of halogens is 2. The van der Waals surface area contributed by atoms with Crippen molar-refractivity contribution in [2.24, 2.45) is 4.99 Å². The summed E-state index contributed by atoms with van der Waals surface area (Å²) in [5, 5.41) is 9.98. The lowest BCUT2D eigenvalue weighted by Crippen LogP contribution is -2.43. The Hall–Kier alpha value is -3.37. The highest BCUT2D eigenvalue weighted by Crippen LogP contribution is 2.39. The smallest absolute Gasteiger partial charge is 0.280 e. The molecule has 0 radical (unpaired) electrons. The van der Waals surface area contributed by atoms with Gasteiger partial charge in [-0.3, -0.25) is 9.59 Å². The SMILES string of the molecule is O=C(/N=c1\[nH]c2cc(N3CCOCC3=O)ccc2n1C1(CCO)CCCCC1)c1cccc(C(F)F)c1. The van der Waals surface area contributed by atoms with E-state index in [0.717, 1.165) is 43.7 Å². The summed E-state index contributed by atoms with van der Waals surface area (Å²) in [6.07, 6.45) is 2.46. The number of ether oxygens (including phenoxy) is 1. The zero-order valence-corrected chi connectivity index (χ0v) is 20.5. The van der Waals surface area contributed by atoms with Crippen LogP contribution in [0.15, 0.2) is 47.5 Å². The molecule has 0 unspecified atom stereocenters. The minimum Gasteiger partial charge on any atom is -0.396 e. The van der Waals surface area contributed by atoms with Crippen molar-refractivity contribution in [3.63, 3.8) is 0 Å². The number of aliphatic hydroxyl groups is 1. The first-order valence-corrected chi connectivity index (χ1v) is 12.6. The number of rotatable bonds is 6. The molecule has 1 saturated heterocycles. The molecule has 1 aliphatic heterocycles. The molecule has 0 bridgehead atoms. The minimum absolute atomic E-state index is 0.0230. The molecule has 10 heteroatoms. The quantitative estimate of drug-likeness (QED) is 0.520. The third kappa shape index (κ3) is 4.95. The van der Waals surface area contributed by atoms with E-state index in [2.05, 4.69) is 9.98 Å². The molecule has 1 aliphatic carbocycles. The van der Waals surface area contributed by atoms with Crippen molar-refractivity contribution in [1.29, 1.82) is 0 Å². The second kappa shape index (κ2) is 10.5. The zero-order valence-electron chi connectivity index (χ0n) is 20.5. The summed E-state index contributed by atoms with van der Waals surface area (Å²) >= 11 is 0. The first-order chi connectivity index (χ1) is 17.9. The van der Waals surface area contributed by atoms with E-state index >= 15 is 0 Å². The van der Waals surface area contributed by atoms with Gasteiger partial charge in [0.05, 0.1) is 23.2 Å². The summed E-state index contributed by atoms with van der Waals surface area (Å²) in [6, 6.07) is 10.9. The number of aliphatic hydroxyl groups excluding tert-OH is 1. The zero-order chi connectivity index (χ0) is 26.0. The fourth-order valence-corrected chi connectivity index (χ4v) is 5.60. The Kier molecular flexibility index (Phi) is 7.21. The highest BCUT2D eigenvalue weighted by atomic mass is 19.3. The van der Waals surface area contributed by atoms with Gasteiger partial charge in [-0.15, -0.1) is 0 Å². The lowest BCUT2D eigenvalue weighted by molar-refractivity contribution is -0.125. The van der Waals surface area contributed by atoms with Gasteiger partial charge in [0.1, 0.15) is 6.61 Å². The van der Waals surface area contributed by atoms with Gasteiger partial charge in [0.2, 0.25) is 5.62 Å². The lowest BCUT2D eigenvalue weighted by atomic mass is 9.79. The predicted octanol–water partition coefficient (Wildman–Crippen LogP) is 4.05. The molecule has 8 nitrogen and oxygen atoms in total. The number of H-pyrrole nitrogens is 1. The van der Waals surface area contributed by atoms with Crippen LogP contribution in [-0.4, -0.2) is 52.8 Å². The number of aromatic nitrogens is 2. The van der Waals surface area contributed by atoms with Crippen molar-refractivity contribution in [2.45, 2.75) is 50.5 Å².